The third-order valence-electron chi connectivity index (χ3n) is 3.65. The van der Waals surface area contributed by atoms with Gasteiger partial charge in [0.05, 0.1) is 5.88 Å². The molecule has 0 radical (unpaired) electrons. The van der Waals surface area contributed by atoms with Crippen molar-refractivity contribution in [2.24, 2.45) is 0 Å². The number of rotatable bonds is 6. The van der Waals surface area contributed by atoms with Gasteiger partial charge in [-0.1, -0.05) is 18.5 Å². The number of carboxylic acid groups (broad SMARTS) is 1. The fraction of sp³-hybridized carbons (Fsp3) is 0.438. The lowest BCUT2D eigenvalue weighted by Gasteiger charge is -2.28. The molecule has 1 aliphatic heterocycles. The van der Waals surface area contributed by atoms with Crippen molar-refractivity contribution in [3.05, 3.63) is 34.9 Å². The number of nitrogens with zero attached hydrogens (tertiary/aromatic N) is 2. The Hall–Kier alpha value is -1.73. The van der Waals surface area contributed by atoms with E-state index in [0.29, 0.717) is 35.2 Å². The fourth-order valence-electron chi connectivity index (χ4n) is 2.52. The predicted octanol–water partition coefficient (Wildman–Crippen LogP) is 2.18. The van der Waals surface area contributed by atoms with Crippen LogP contribution in [0, 0.1) is 0 Å². The second kappa shape index (κ2) is 8.39. The molecule has 0 spiro atoms. The maximum atomic E-state index is 12.7. The number of amides is 2. The highest BCUT2D eigenvalue weighted by Gasteiger charge is 2.37. The third-order valence-corrected chi connectivity index (χ3v) is 4.91. The smallest absolute Gasteiger partial charge is 0.323 e. The minimum atomic E-state index is -1.06. The number of aliphatic carboxylic acids is 1. The molecule has 6 nitrogen and oxygen atoms in total. The van der Waals surface area contributed by atoms with Gasteiger partial charge in [0, 0.05) is 22.9 Å². The van der Waals surface area contributed by atoms with Gasteiger partial charge in [-0.25, -0.2) is 0 Å². The fourth-order valence-corrected chi connectivity index (χ4v) is 3.79. The highest BCUT2D eigenvalue weighted by molar-refractivity contribution is 7.99. The summed E-state index contributed by atoms with van der Waals surface area (Å²) < 4.78 is 0. The van der Waals surface area contributed by atoms with Crippen LogP contribution in [0.3, 0.4) is 0 Å². The normalized spacial score (nSPS) is 16.9. The molecule has 1 unspecified atom stereocenters. The first-order valence-electron chi connectivity index (χ1n) is 7.59. The molecule has 2 amide bonds. The summed E-state index contributed by atoms with van der Waals surface area (Å²) in [6.45, 7) is 1.88. The maximum Gasteiger partial charge on any atom is 0.323 e. The summed E-state index contributed by atoms with van der Waals surface area (Å²) in [5.74, 6) is -0.741. The topological polar surface area (TPSA) is 77.9 Å². The summed E-state index contributed by atoms with van der Waals surface area (Å²) >= 11 is 7.32. The van der Waals surface area contributed by atoms with Gasteiger partial charge in [0.25, 0.3) is 5.91 Å². The van der Waals surface area contributed by atoms with Gasteiger partial charge in [-0.05, 0) is 30.7 Å². The van der Waals surface area contributed by atoms with E-state index in [1.54, 1.807) is 24.3 Å². The van der Waals surface area contributed by atoms with Crippen molar-refractivity contribution in [1.29, 1.82) is 0 Å². The van der Waals surface area contributed by atoms with Gasteiger partial charge >= 0.3 is 5.97 Å². The van der Waals surface area contributed by atoms with Gasteiger partial charge in [-0.3, -0.25) is 14.4 Å². The molecular weight excluding hydrogens is 352 g/mol. The molecule has 1 saturated heterocycles. The number of thioether (sulfide) groups is 1. The highest BCUT2D eigenvalue weighted by Crippen LogP contribution is 2.25. The number of benzene rings is 1. The van der Waals surface area contributed by atoms with Crippen LogP contribution < -0.4 is 0 Å². The van der Waals surface area contributed by atoms with Crippen molar-refractivity contribution in [2.45, 2.75) is 19.4 Å². The summed E-state index contributed by atoms with van der Waals surface area (Å²) in [5.41, 5.74) is 0.458. The van der Waals surface area contributed by atoms with E-state index < -0.39 is 12.0 Å². The van der Waals surface area contributed by atoms with Crippen LogP contribution in [0.4, 0.5) is 0 Å². The van der Waals surface area contributed by atoms with E-state index >= 15 is 0 Å². The monoisotopic (exact) mass is 370 g/mol. The Morgan fingerprint density at radius 3 is 2.58 bits per heavy atom. The first kappa shape index (κ1) is 18.6. The summed E-state index contributed by atoms with van der Waals surface area (Å²) in [4.78, 5) is 39.2. The molecule has 24 heavy (non-hydrogen) atoms. The Morgan fingerprint density at radius 2 is 2.00 bits per heavy atom. The third kappa shape index (κ3) is 4.42. The SMILES string of the molecule is CCCN(CC(=O)O)C(=O)C1CSCN1C(=O)c1ccc(Cl)cc1. The number of halogens is 1. The average molecular weight is 371 g/mol. The van der Waals surface area contributed by atoms with Gasteiger partial charge in [0.2, 0.25) is 5.91 Å². The van der Waals surface area contributed by atoms with Crippen LogP contribution in [-0.4, -0.2) is 63.5 Å². The van der Waals surface area contributed by atoms with E-state index in [-0.39, 0.29) is 18.4 Å². The largest absolute Gasteiger partial charge is 0.480 e. The van der Waals surface area contributed by atoms with E-state index in [9.17, 15) is 14.4 Å². The molecule has 2 rings (SSSR count). The molecule has 0 aliphatic carbocycles. The highest BCUT2D eigenvalue weighted by atomic mass is 35.5. The Balaban J connectivity index is 2.16. The lowest BCUT2D eigenvalue weighted by Crippen LogP contribution is -2.50. The van der Waals surface area contributed by atoms with Crippen molar-refractivity contribution in [2.75, 3.05) is 24.7 Å². The van der Waals surface area contributed by atoms with E-state index in [1.165, 1.54) is 21.6 Å². The van der Waals surface area contributed by atoms with Crippen LogP contribution in [0.2, 0.25) is 5.02 Å². The first-order valence-corrected chi connectivity index (χ1v) is 9.12. The van der Waals surface area contributed by atoms with E-state index in [2.05, 4.69) is 0 Å². The van der Waals surface area contributed by atoms with Crippen molar-refractivity contribution >= 4 is 41.1 Å². The molecule has 1 aromatic carbocycles. The Kier molecular flexibility index (Phi) is 6.51. The number of hydrogen-bond acceptors (Lipinski definition) is 4. The molecule has 8 heteroatoms. The second-order valence-electron chi connectivity index (χ2n) is 5.45. The zero-order chi connectivity index (χ0) is 17.7. The van der Waals surface area contributed by atoms with E-state index in [4.69, 9.17) is 16.7 Å². The van der Waals surface area contributed by atoms with Crippen LogP contribution in [0.15, 0.2) is 24.3 Å². The molecule has 130 valence electrons. The maximum absolute atomic E-state index is 12.7. The molecule has 1 aromatic rings. The molecule has 0 saturated carbocycles. The van der Waals surface area contributed by atoms with Crippen LogP contribution in [0.25, 0.3) is 0 Å². The van der Waals surface area contributed by atoms with Gasteiger partial charge in [0.15, 0.2) is 0 Å². The lowest BCUT2D eigenvalue weighted by atomic mass is 10.1. The summed E-state index contributed by atoms with van der Waals surface area (Å²) in [7, 11) is 0. The molecule has 0 aromatic heterocycles. The number of carboxylic acids is 1. The molecule has 1 N–H and O–H groups in total. The zero-order valence-electron chi connectivity index (χ0n) is 13.3. The summed E-state index contributed by atoms with van der Waals surface area (Å²) in [5, 5.41) is 9.52. The van der Waals surface area contributed by atoms with Crippen molar-refractivity contribution in [1.82, 2.24) is 9.80 Å². The van der Waals surface area contributed by atoms with Crippen LogP contribution in [-0.2, 0) is 9.59 Å². The molecule has 1 aliphatic rings. The van der Waals surface area contributed by atoms with Gasteiger partial charge < -0.3 is 14.9 Å². The van der Waals surface area contributed by atoms with E-state index in [1.807, 2.05) is 6.92 Å². The number of carbonyl (C=O) groups excluding carboxylic acids is 2. The second-order valence-corrected chi connectivity index (χ2v) is 6.89. The summed E-state index contributed by atoms with van der Waals surface area (Å²) in [6.07, 6.45) is 0.657. The predicted molar refractivity (Wildman–Crippen MR) is 93.2 cm³/mol. The molecule has 1 fully saturated rings. The number of hydrogen-bond donors (Lipinski definition) is 1. The summed E-state index contributed by atoms with van der Waals surface area (Å²) in [6, 6.07) is 5.86. The van der Waals surface area contributed by atoms with Crippen LogP contribution in [0.1, 0.15) is 23.7 Å². The van der Waals surface area contributed by atoms with Gasteiger partial charge in [-0.2, -0.15) is 0 Å². The van der Waals surface area contributed by atoms with Gasteiger partial charge in [0.1, 0.15) is 12.6 Å². The first-order chi connectivity index (χ1) is 11.4. The van der Waals surface area contributed by atoms with Crippen molar-refractivity contribution in [3.63, 3.8) is 0 Å². The standard InChI is InChI=1S/C16H19ClN2O4S/c1-2-7-18(8-14(20)21)16(23)13-9-24-10-19(13)15(22)11-3-5-12(17)6-4-11/h3-6,13H,2,7-10H2,1H3,(H,20,21). The number of carbonyl (C=O) groups is 3. The Morgan fingerprint density at radius 1 is 1.33 bits per heavy atom. The van der Waals surface area contributed by atoms with Crippen LogP contribution >= 0.6 is 23.4 Å². The molecule has 1 heterocycles. The van der Waals surface area contributed by atoms with Crippen LogP contribution in [0.5, 0.6) is 0 Å². The van der Waals surface area contributed by atoms with Crippen molar-refractivity contribution < 1.29 is 19.5 Å². The zero-order valence-corrected chi connectivity index (χ0v) is 14.8. The molecular formula is C16H19ClN2O4S. The van der Waals surface area contributed by atoms with Gasteiger partial charge in [-0.15, -0.1) is 11.8 Å². The quantitative estimate of drug-likeness (QED) is 0.830. The molecule has 1 atom stereocenters. The minimum absolute atomic E-state index is 0.248. The van der Waals surface area contributed by atoms with E-state index in [0.717, 1.165) is 0 Å². The van der Waals surface area contributed by atoms with Crippen molar-refractivity contribution in [3.8, 4) is 0 Å². The Bertz CT molecular complexity index is 623. The lowest BCUT2D eigenvalue weighted by molar-refractivity contribution is -0.146. The Labute approximate surface area is 149 Å². The molecule has 0 bridgehead atoms. The average Bonchev–Trinajstić information content (AvgIpc) is 3.03. The minimum Gasteiger partial charge on any atom is -0.480 e.